The van der Waals surface area contributed by atoms with Crippen LogP contribution in [0.1, 0.15) is 31.4 Å². The Balaban J connectivity index is 1.50. The van der Waals surface area contributed by atoms with E-state index in [-0.39, 0.29) is 29.6 Å². The molecule has 0 aliphatic heterocycles. The van der Waals surface area contributed by atoms with Crippen LogP contribution in [0.25, 0.3) is 33.5 Å². The first-order chi connectivity index (χ1) is 16.1. The zero-order valence-electron chi connectivity index (χ0n) is 18.1. The van der Waals surface area contributed by atoms with E-state index in [1.807, 2.05) is 25.1 Å². The number of nitrogens with zero attached hydrogens (tertiary/aromatic N) is 5. The zero-order valence-corrected chi connectivity index (χ0v) is 18.1. The second-order valence-electron chi connectivity index (χ2n) is 8.66. The number of rotatable bonds is 5. The fourth-order valence-electron chi connectivity index (χ4n) is 3.98. The number of hydrogen-bond donors (Lipinski definition) is 0. The molecule has 8 nitrogen and oxygen atoms in total. The Kier molecular flexibility index (Phi) is 4.53. The number of hydrogen-bond acceptors (Lipinski definition) is 7. The molecule has 8 heteroatoms. The molecule has 3 heterocycles. The van der Waals surface area contributed by atoms with Crippen molar-refractivity contribution < 1.29 is 14.0 Å². The normalized spacial score (nSPS) is 15.5. The number of anilines is 1. The molecule has 2 aliphatic carbocycles. The predicted molar refractivity (Wildman–Crippen MR) is 121 cm³/mol. The van der Waals surface area contributed by atoms with E-state index in [0.717, 1.165) is 53.4 Å². The first-order valence-electron chi connectivity index (χ1n) is 11.1. The SMILES string of the molecule is Cc1ncnc2ccc(-c3cnc(N(C(=O)C4CC4)C(=O)C4CC4)nc3-c3ccco3)cc12. The lowest BCUT2D eigenvalue weighted by Gasteiger charge is -2.20. The molecule has 2 aliphatic rings. The molecule has 2 amide bonds. The van der Waals surface area contributed by atoms with Gasteiger partial charge >= 0.3 is 0 Å². The van der Waals surface area contributed by atoms with Crippen LogP contribution in [0.3, 0.4) is 0 Å². The largest absolute Gasteiger partial charge is 0.463 e. The first kappa shape index (κ1) is 19.7. The number of carbonyl (C=O) groups excluding carboxylic acids is 2. The van der Waals surface area contributed by atoms with Crippen molar-refractivity contribution in [2.24, 2.45) is 11.8 Å². The number of imide groups is 1. The Bertz CT molecular complexity index is 1370. The van der Waals surface area contributed by atoms with Crippen LogP contribution in [0.4, 0.5) is 5.95 Å². The highest BCUT2D eigenvalue weighted by Gasteiger charge is 2.43. The molecule has 3 aromatic heterocycles. The Morgan fingerprint density at radius 2 is 1.76 bits per heavy atom. The minimum Gasteiger partial charge on any atom is -0.463 e. The first-order valence-corrected chi connectivity index (χ1v) is 11.1. The van der Waals surface area contributed by atoms with E-state index in [9.17, 15) is 9.59 Å². The quantitative estimate of drug-likeness (QED) is 0.426. The van der Waals surface area contributed by atoms with Crippen molar-refractivity contribution in [3.63, 3.8) is 0 Å². The molecule has 164 valence electrons. The summed E-state index contributed by atoms with van der Waals surface area (Å²) in [5.41, 5.74) is 3.84. The molecule has 0 saturated heterocycles. The third kappa shape index (κ3) is 3.57. The molecular formula is C25H21N5O3. The van der Waals surface area contributed by atoms with Crippen molar-refractivity contribution in [3.05, 3.63) is 54.8 Å². The Hall–Kier alpha value is -3.94. The number of amides is 2. The maximum Gasteiger partial charge on any atom is 0.239 e. The van der Waals surface area contributed by atoms with Gasteiger partial charge in [-0.3, -0.25) is 9.59 Å². The van der Waals surface area contributed by atoms with Crippen LogP contribution in [-0.4, -0.2) is 31.8 Å². The average Bonchev–Trinajstić information content (AvgIpc) is 3.77. The molecular weight excluding hydrogens is 418 g/mol. The van der Waals surface area contributed by atoms with E-state index in [1.165, 1.54) is 4.90 Å². The summed E-state index contributed by atoms with van der Waals surface area (Å²) in [4.78, 5) is 45.0. The number of furan rings is 1. The summed E-state index contributed by atoms with van der Waals surface area (Å²) in [7, 11) is 0. The average molecular weight is 439 g/mol. The van der Waals surface area contributed by atoms with Gasteiger partial charge in [-0.2, -0.15) is 0 Å². The lowest BCUT2D eigenvalue weighted by atomic mass is 10.0. The van der Waals surface area contributed by atoms with Crippen LogP contribution in [0, 0.1) is 18.8 Å². The highest BCUT2D eigenvalue weighted by molar-refractivity contribution is 6.16. The van der Waals surface area contributed by atoms with Gasteiger partial charge in [-0.15, -0.1) is 0 Å². The van der Waals surface area contributed by atoms with Crippen LogP contribution < -0.4 is 4.90 Å². The molecule has 6 rings (SSSR count). The monoisotopic (exact) mass is 439 g/mol. The van der Waals surface area contributed by atoms with Crippen LogP contribution in [0.5, 0.6) is 0 Å². The van der Waals surface area contributed by atoms with E-state index >= 15 is 0 Å². The molecule has 0 unspecified atom stereocenters. The van der Waals surface area contributed by atoms with Gasteiger partial charge < -0.3 is 4.42 Å². The van der Waals surface area contributed by atoms with Gasteiger partial charge in [0.1, 0.15) is 12.0 Å². The predicted octanol–water partition coefficient (Wildman–Crippen LogP) is 4.33. The lowest BCUT2D eigenvalue weighted by Crippen LogP contribution is -2.40. The third-order valence-electron chi connectivity index (χ3n) is 6.17. The summed E-state index contributed by atoms with van der Waals surface area (Å²) in [6.07, 6.45) is 7.98. The van der Waals surface area contributed by atoms with Crippen molar-refractivity contribution in [2.45, 2.75) is 32.6 Å². The molecule has 0 bridgehead atoms. The molecule has 0 radical (unpaired) electrons. The van der Waals surface area contributed by atoms with Gasteiger partial charge in [-0.1, -0.05) is 6.07 Å². The molecule has 4 aromatic rings. The molecule has 2 saturated carbocycles. The highest BCUT2D eigenvalue weighted by Crippen LogP contribution is 2.38. The van der Waals surface area contributed by atoms with Gasteiger partial charge in [0.2, 0.25) is 17.8 Å². The van der Waals surface area contributed by atoms with Gasteiger partial charge in [0.25, 0.3) is 0 Å². The third-order valence-corrected chi connectivity index (χ3v) is 6.17. The number of benzene rings is 1. The van der Waals surface area contributed by atoms with Crippen LogP contribution in [-0.2, 0) is 9.59 Å². The minimum atomic E-state index is -0.205. The molecule has 0 atom stereocenters. The van der Waals surface area contributed by atoms with Crippen LogP contribution in [0.15, 0.2) is 53.5 Å². The van der Waals surface area contributed by atoms with Crippen LogP contribution >= 0.6 is 0 Å². The van der Waals surface area contributed by atoms with Gasteiger partial charge in [0, 0.05) is 34.7 Å². The van der Waals surface area contributed by atoms with Gasteiger partial charge in [-0.25, -0.2) is 24.8 Å². The summed E-state index contributed by atoms with van der Waals surface area (Å²) < 4.78 is 5.66. The Labute approximate surface area is 189 Å². The lowest BCUT2D eigenvalue weighted by molar-refractivity contribution is -0.128. The summed E-state index contributed by atoms with van der Waals surface area (Å²) in [5, 5.41) is 0.930. The standard InChI is InChI=1S/C25H21N5O3/c1-14-18-11-17(8-9-20(18)28-13-27-14)19-12-26-25(29-22(19)21-3-2-10-33-21)30(23(31)15-4-5-15)24(32)16-6-7-16/h2-3,8-13,15-16H,4-7H2,1H3. The number of carbonyl (C=O) groups is 2. The topological polar surface area (TPSA) is 102 Å². The zero-order chi connectivity index (χ0) is 22.5. The summed E-state index contributed by atoms with van der Waals surface area (Å²) in [6.45, 7) is 1.94. The summed E-state index contributed by atoms with van der Waals surface area (Å²) >= 11 is 0. The van der Waals surface area contributed by atoms with Crippen molar-refractivity contribution in [1.82, 2.24) is 19.9 Å². The van der Waals surface area contributed by atoms with E-state index in [4.69, 9.17) is 9.40 Å². The maximum absolute atomic E-state index is 13.0. The highest BCUT2D eigenvalue weighted by atomic mass is 16.3. The van der Waals surface area contributed by atoms with E-state index in [2.05, 4.69) is 15.0 Å². The summed E-state index contributed by atoms with van der Waals surface area (Å²) in [6, 6.07) is 9.46. The van der Waals surface area contributed by atoms with Gasteiger partial charge in [0.05, 0.1) is 11.8 Å². The second-order valence-corrected chi connectivity index (χ2v) is 8.66. The van der Waals surface area contributed by atoms with E-state index in [0.29, 0.717) is 11.5 Å². The van der Waals surface area contributed by atoms with E-state index in [1.54, 1.807) is 30.9 Å². The second kappa shape index (κ2) is 7.58. The van der Waals surface area contributed by atoms with Crippen molar-refractivity contribution in [2.75, 3.05) is 4.90 Å². The fourth-order valence-corrected chi connectivity index (χ4v) is 3.98. The molecule has 2 fully saturated rings. The van der Waals surface area contributed by atoms with Crippen molar-refractivity contribution >= 4 is 28.7 Å². The molecule has 0 spiro atoms. The van der Waals surface area contributed by atoms with E-state index < -0.39 is 0 Å². The molecule has 0 N–H and O–H groups in total. The van der Waals surface area contributed by atoms with Gasteiger partial charge in [-0.05, 0) is 62.4 Å². The number of fused-ring (bicyclic) bond motifs is 1. The maximum atomic E-state index is 13.0. The Morgan fingerprint density at radius 1 is 1.00 bits per heavy atom. The van der Waals surface area contributed by atoms with Crippen molar-refractivity contribution in [1.29, 1.82) is 0 Å². The van der Waals surface area contributed by atoms with Gasteiger partial charge in [0.15, 0.2) is 5.76 Å². The minimum absolute atomic E-state index is 0.110. The fraction of sp³-hybridized carbons (Fsp3) is 0.280. The summed E-state index contributed by atoms with van der Waals surface area (Å²) in [5.74, 6) is -0.00298. The number of aryl methyl sites for hydroxylation is 1. The smallest absolute Gasteiger partial charge is 0.239 e. The molecule has 33 heavy (non-hydrogen) atoms. The van der Waals surface area contributed by atoms with Crippen LogP contribution in [0.2, 0.25) is 0 Å². The van der Waals surface area contributed by atoms with Crippen molar-refractivity contribution in [3.8, 4) is 22.6 Å². The Morgan fingerprint density at radius 3 is 2.42 bits per heavy atom. The molecule has 1 aromatic carbocycles. The number of aromatic nitrogens is 4.